The van der Waals surface area contributed by atoms with E-state index in [0.29, 0.717) is 25.1 Å². The summed E-state index contributed by atoms with van der Waals surface area (Å²) in [6.45, 7) is 0.956. The van der Waals surface area contributed by atoms with Crippen LogP contribution in [0.2, 0.25) is 0 Å². The number of hydrogen-bond acceptors (Lipinski definition) is 4. The highest BCUT2D eigenvalue weighted by atomic mass is 16.5. The van der Waals surface area contributed by atoms with Crippen LogP contribution >= 0.6 is 0 Å². The van der Waals surface area contributed by atoms with Gasteiger partial charge in [-0.25, -0.2) is 9.78 Å². The van der Waals surface area contributed by atoms with Crippen molar-refractivity contribution in [3.8, 4) is 0 Å². The van der Waals surface area contributed by atoms with Crippen LogP contribution in [0.25, 0.3) is 10.8 Å². The van der Waals surface area contributed by atoms with Crippen molar-refractivity contribution in [3.05, 3.63) is 102 Å². The van der Waals surface area contributed by atoms with Crippen LogP contribution in [-0.2, 0) is 29.0 Å². The summed E-state index contributed by atoms with van der Waals surface area (Å²) in [7, 11) is 1.35. The number of benzene rings is 3. The van der Waals surface area contributed by atoms with Gasteiger partial charge in [0.15, 0.2) is 0 Å². The van der Waals surface area contributed by atoms with Crippen LogP contribution in [0, 0.1) is 0 Å². The fraction of sp³-hybridized carbons (Fsp3) is 0.192. The fourth-order valence-corrected chi connectivity index (χ4v) is 4.33. The van der Waals surface area contributed by atoms with E-state index in [1.807, 2.05) is 60.7 Å². The van der Waals surface area contributed by atoms with Crippen LogP contribution in [0.4, 0.5) is 0 Å². The predicted octanol–water partition coefficient (Wildman–Crippen LogP) is 3.82. The van der Waals surface area contributed by atoms with Crippen molar-refractivity contribution in [1.82, 2.24) is 14.5 Å². The first-order chi connectivity index (χ1) is 15.6. The molecule has 0 saturated carbocycles. The lowest BCUT2D eigenvalue weighted by atomic mass is 10.00. The molecule has 1 unspecified atom stereocenters. The number of hydrogen-bond donors (Lipinski definition) is 0. The number of fused-ring (bicyclic) bond motifs is 2. The van der Waals surface area contributed by atoms with Crippen molar-refractivity contribution < 1.29 is 14.3 Å². The van der Waals surface area contributed by atoms with Gasteiger partial charge in [0.25, 0.3) is 5.91 Å². The molecule has 4 aromatic rings. The van der Waals surface area contributed by atoms with E-state index in [9.17, 15) is 9.59 Å². The summed E-state index contributed by atoms with van der Waals surface area (Å²) in [5, 5.41) is 2.05. The Morgan fingerprint density at radius 2 is 1.75 bits per heavy atom. The van der Waals surface area contributed by atoms with Gasteiger partial charge in [0.2, 0.25) is 0 Å². The number of amides is 1. The Labute approximate surface area is 186 Å². The Balaban J connectivity index is 1.49. The molecule has 0 bridgehead atoms. The lowest BCUT2D eigenvalue weighted by molar-refractivity contribution is -0.146. The zero-order chi connectivity index (χ0) is 22.1. The Bertz CT molecular complexity index is 1300. The molecular weight excluding hydrogens is 402 g/mol. The first-order valence-electron chi connectivity index (χ1n) is 10.6. The minimum Gasteiger partial charge on any atom is -0.467 e. The average molecular weight is 425 g/mol. The predicted molar refractivity (Wildman–Crippen MR) is 121 cm³/mol. The minimum atomic E-state index is -0.702. The average Bonchev–Trinajstić information content (AvgIpc) is 3.24. The molecule has 5 rings (SSSR count). The minimum absolute atomic E-state index is 0.190. The van der Waals surface area contributed by atoms with Gasteiger partial charge in [-0.3, -0.25) is 4.79 Å². The quantitative estimate of drug-likeness (QED) is 0.466. The van der Waals surface area contributed by atoms with Crippen molar-refractivity contribution in [1.29, 1.82) is 0 Å². The zero-order valence-corrected chi connectivity index (χ0v) is 17.8. The Morgan fingerprint density at radius 1 is 1.00 bits per heavy atom. The summed E-state index contributed by atoms with van der Waals surface area (Å²) < 4.78 is 7.08. The van der Waals surface area contributed by atoms with Gasteiger partial charge in [-0.05, 0) is 28.5 Å². The van der Waals surface area contributed by atoms with Gasteiger partial charge in [0.1, 0.15) is 6.04 Å². The molecule has 1 aliphatic heterocycles. The third kappa shape index (κ3) is 3.64. The van der Waals surface area contributed by atoms with Crippen molar-refractivity contribution >= 4 is 22.6 Å². The van der Waals surface area contributed by atoms with Crippen LogP contribution in [0.15, 0.2) is 79.1 Å². The number of methoxy groups -OCH3 is 1. The van der Waals surface area contributed by atoms with E-state index < -0.39 is 12.0 Å². The van der Waals surface area contributed by atoms with E-state index >= 15 is 0 Å². The summed E-state index contributed by atoms with van der Waals surface area (Å²) in [6.07, 6.45) is 2.12. The number of aromatic nitrogens is 2. The lowest BCUT2D eigenvalue weighted by Crippen LogP contribution is -2.49. The van der Waals surface area contributed by atoms with Gasteiger partial charge >= 0.3 is 5.97 Å². The van der Waals surface area contributed by atoms with Gasteiger partial charge < -0.3 is 14.2 Å². The number of nitrogens with zero attached hydrogens (tertiary/aromatic N) is 3. The Hall–Kier alpha value is -3.93. The largest absolute Gasteiger partial charge is 0.467 e. The van der Waals surface area contributed by atoms with Gasteiger partial charge in [-0.15, -0.1) is 0 Å². The van der Waals surface area contributed by atoms with Gasteiger partial charge in [-0.1, -0.05) is 60.7 Å². The van der Waals surface area contributed by atoms with E-state index in [1.54, 1.807) is 11.2 Å². The van der Waals surface area contributed by atoms with E-state index in [1.165, 1.54) is 7.11 Å². The van der Waals surface area contributed by atoms with Crippen molar-refractivity contribution in [2.45, 2.75) is 25.6 Å². The molecule has 32 heavy (non-hydrogen) atoms. The third-order valence-corrected chi connectivity index (χ3v) is 6.04. The summed E-state index contributed by atoms with van der Waals surface area (Å²) >= 11 is 0. The van der Waals surface area contributed by atoms with Crippen LogP contribution in [0.5, 0.6) is 0 Å². The van der Waals surface area contributed by atoms with Crippen LogP contribution in [0.3, 0.4) is 0 Å². The SMILES string of the molecule is COC(=O)C1Cc2ncn(Cc3ccccc3)c2CN1C(=O)c1ccc2ccccc2c1. The van der Waals surface area contributed by atoms with Crippen LogP contribution in [-0.4, -0.2) is 39.5 Å². The van der Waals surface area contributed by atoms with Crippen LogP contribution in [0.1, 0.15) is 27.3 Å². The molecule has 0 N–H and O–H groups in total. The molecular formula is C26H23N3O3. The molecule has 1 aromatic heterocycles. The highest BCUT2D eigenvalue weighted by Crippen LogP contribution is 2.27. The molecule has 1 amide bonds. The molecule has 6 nitrogen and oxygen atoms in total. The van der Waals surface area contributed by atoms with Crippen LogP contribution < -0.4 is 0 Å². The number of imidazole rings is 1. The molecule has 1 aliphatic rings. The highest BCUT2D eigenvalue weighted by Gasteiger charge is 2.38. The molecule has 0 radical (unpaired) electrons. The smallest absolute Gasteiger partial charge is 0.329 e. The zero-order valence-electron chi connectivity index (χ0n) is 17.8. The summed E-state index contributed by atoms with van der Waals surface area (Å²) in [5.74, 6) is -0.619. The summed E-state index contributed by atoms with van der Waals surface area (Å²) in [4.78, 5) is 32.3. The maximum atomic E-state index is 13.6. The molecule has 0 aliphatic carbocycles. The maximum Gasteiger partial charge on any atom is 0.329 e. The maximum absolute atomic E-state index is 13.6. The Kier molecular flexibility index (Phi) is 5.19. The molecule has 160 valence electrons. The molecule has 0 fully saturated rings. The first-order valence-corrected chi connectivity index (χ1v) is 10.6. The van der Waals surface area contributed by atoms with E-state index in [4.69, 9.17) is 4.74 Å². The number of esters is 1. The molecule has 0 spiro atoms. The molecule has 6 heteroatoms. The highest BCUT2D eigenvalue weighted by molar-refractivity contribution is 6.00. The number of carbonyl (C=O) groups is 2. The van der Waals surface area contributed by atoms with Gasteiger partial charge in [0, 0.05) is 18.5 Å². The second-order valence-electron chi connectivity index (χ2n) is 7.99. The first kappa shape index (κ1) is 20.0. The molecule has 0 saturated heterocycles. The summed E-state index contributed by atoms with van der Waals surface area (Å²) in [6, 6.07) is 22.9. The number of ether oxygens (including phenoxy) is 1. The molecule has 2 heterocycles. The standard InChI is InChI=1S/C26H23N3O3/c1-32-26(31)23-14-22-24(28(17-27-22)15-18-7-3-2-4-8-18)16-29(23)25(30)21-12-11-19-9-5-6-10-20(19)13-21/h2-13,17,23H,14-16H2,1H3. The van der Waals surface area contributed by atoms with E-state index in [-0.39, 0.29) is 5.91 Å². The topological polar surface area (TPSA) is 64.4 Å². The lowest BCUT2D eigenvalue weighted by Gasteiger charge is -2.34. The van der Waals surface area contributed by atoms with Crippen molar-refractivity contribution in [3.63, 3.8) is 0 Å². The Morgan fingerprint density at radius 3 is 2.53 bits per heavy atom. The molecule has 3 aromatic carbocycles. The number of rotatable bonds is 4. The number of carbonyl (C=O) groups excluding carboxylic acids is 2. The van der Waals surface area contributed by atoms with Gasteiger partial charge in [-0.2, -0.15) is 0 Å². The van der Waals surface area contributed by atoms with Crippen molar-refractivity contribution in [2.24, 2.45) is 0 Å². The van der Waals surface area contributed by atoms with E-state index in [2.05, 4.69) is 21.7 Å². The second kappa shape index (κ2) is 8.30. The normalized spacial score (nSPS) is 15.4. The third-order valence-electron chi connectivity index (χ3n) is 6.04. The fourth-order valence-electron chi connectivity index (χ4n) is 4.33. The van der Waals surface area contributed by atoms with Crippen molar-refractivity contribution in [2.75, 3.05) is 7.11 Å². The molecule has 1 atom stereocenters. The van der Waals surface area contributed by atoms with E-state index in [0.717, 1.165) is 27.7 Å². The second-order valence-corrected chi connectivity index (χ2v) is 7.99. The summed E-state index contributed by atoms with van der Waals surface area (Å²) in [5.41, 5.74) is 3.48. The monoisotopic (exact) mass is 425 g/mol. The van der Waals surface area contributed by atoms with Gasteiger partial charge in [0.05, 0.1) is 31.4 Å².